The second-order valence-electron chi connectivity index (χ2n) is 6.27. The van der Waals surface area contributed by atoms with E-state index in [9.17, 15) is 0 Å². The van der Waals surface area contributed by atoms with Gasteiger partial charge in [0.1, 0.15) is 0 Å². The predicted molar refractivity (Wildman–Crippen MR) is 69.4 cm³/mol. The summed E-state index contributed by atoms with van der Waals surface area (Å²) in [5.74, 6) is 0.790. The van der Waals surface area contributed by atoms with E-state index in [2.05, 4.69) is 18.7 Å². The van der Waals surface area contributed by atoms with Crippen LogP contribution in [0.4, 0.5) is 0 Å². The maximum atomic E-state index is 6.50. The molecule has 0 amide bonds. The normalized spacial score (nSPS) is 27.2. The van der Waals surface area contributed by atoms with Crippen molar-refractivity contribution in [3.63, 3.8) is 0 Å². The van der Waals surface area contributed by atoms with Crippen molar-refractivity contribution in [2.75, 3.05) is 13.1 Å². The minimum absolute atomic E-state index is 0.204. The Hall–Kier alpha value is -0.0800. The van der Waals surface area contributed by atoms with Crippen molar-refractivity contribution in [1.82, 2.24) is 4.90 Å². The Bertz CT molecular complexity index is 213. The van der Waals surface area contributed by atoms with E-state index in [1.54, 1.807) is 0 Å². The van der Waals surface area contributed by atoms with E-state index in [-0.39, 0.29) is 5.54 Å². The summed E-state index contributed by atoms with van der Waals surface area (Å²) in [4.78, 5) is 2.66. The molecule has 2 rings (SSSR count). The summed E-state index contributed by atoms with van der Waals surface area (Å²) in [5.41, 5.74) is 6.70. The third-order valence-corrected chi connectivity index (χ3v) is 4.89. The fourth-order valence-corrected chi connectivity index (χ4v) is 3.23. The summed E-state index contributed by atoms with van der Waals surface area (Å²) in [6, 6.07) is 0.374. The lowest BCUT2D eigenvalue weighted by atomic mass is 9.72. The fraction of sp³-hybridized carbons (Fsp3) is 1.00. The zero-order chi connectivity index (χ0) is 11.6. The molecule has 0 aromatic heterocycles. The molecule has 0 bridgehead atoms. The van der Waals surface area contributed by atoms with Crippen LogP contribution < -0.4 is 5.73 Å². The Morgan fingerprint density at radius 2 is 1.56 bits per heavy atom. The SMILES string of the molecule is CC(C)(C(N)C1CCC1)N1CCCCCC1. The van der Waals surface area contributed by atoms with Gasteiger partial charge in [0, 0.05) is 11.6 Å². The van der Waals surface area contributed by atoms with Gasteiger partial charge in [-0.3, -0.25) is 4.90 Å². The molecule has 0 aromatic rings. The molecule has 1 atom stereocenters. The number of nitrogens with zero attached hydrogens (tertiary/aromatic N) is 1. The van der Waals surface area contributed by atoms with Crippen LogP contribution in [0.25, 0.3) is 0 Å². The first kappa shape index (κ1) is 12.4. The highest BCUT2D eigenvalue weighted by Crippen LogP contribution is 2.35. The third kappa shape index (κ3) is 2.43. The lowest BCUT2D eigenvalue weighted by molar-refractivity contribution is 0.0555. The maximum Gasteiger partial charge on any atom is 0.0306 e. The van der Waals surface area contributed by atoms with Gasteiger partial charge in [0.05, 0.1) is 0 Å². The summed E-state index contributed by atoms with van der Waals surface area (Å²) in [5, 5.41) is 0. The number of nitrogens with two attached hydrogens (primary N) is 1. The molecule has 1 unspecified atom stereocenters. The summed E-state index contributed by atoms with van der Waals surface area (Å²) in [6.45, 7) is 7.24. The van der Waals surface area contributed by atoms with Crippen LogP contribution in [-0.2, 0) is 0 Å². The molecule has 0 spiro atoms. The Balaban J connectivity index is 1.97. The first-order chi connectivity index (χ1) is 7.62. The van der Waals surface area contributed by atoms with E-state index in [1.165, 1.54) is 58.0 Å². The first-order valence-corrected chi connectivity index (χ1v) is 7.13. The van der Waals surface area contributed by atoms with Crippen molar-refractivity contribution in [1.29, 1.82) is 0 Å². The molecule has 1 heterocycles. The molecule has 2 nitrogen and oxygen atoms in total. The van der Waals surface area contributed by atoms with Gasteiger partial charge < -0.3 is 5.73 Å². The van der Waals surface area contributed by atoms with Crippen molar-refractivity contribution >= 4 is 0 Å². The van der Waals surface area contributed by atoms with Gasteiger partial charge in [0.25, 0.3) is 0 Å². The number of hydrogen-bond acceptors (Lipinski definition) is 2. The largest absolute Gasteiger partial charge is 0.326 e. The van der Waals surface area contributed by atoms with Crippen molar-refractivity contribution in [3.05, 3.63) is 0 Å². The second kappa shape index (κ2) is 5.05. The molecule has 0 aromatic carbocycles. The molecule has 2 heteroatoms. The van der Waals surface area contributed by atoms with Gasteiger partial charge in [0.15, 0.2) is 0 Å². The molecule has 2 N–H and O–H groups in total. The van der Waals surface area contributed by atoms with E-state index < -0.39 is 0 Å². The molecule has 1 aliphatic carbocycles. The van der Waals surface area contributed by atoms with Gasteiger partial charge in [-0.2, -0.15) is 0 Å². The third-order valence-electron chi connectivity index (χ3n) is 4.89. The molecular weight excluding hydrogens is 196 g/mol. The Kier molecular flexibility index (Phi) is 3.91. The fourth-order valence-electron chi connectivity index (χ4n) is 3.23. The zero-order valence-electron chi connectivity index (χ0n) is 11.0. The molecule has 0 radical (unpaired) electrons. The lowest BCUT2D eigenvalue weighted by Gasteiger charge is -2.47. The van der Waals surface area contributed by atoms with Crippen LogP contribution in [0.15, 0.2) is 0 Å². The average molecular weight is 224 g/mol. The Labute approximate surface area is 101 Å². The van der Waals surface area contributed by atoms with Gasteiger partial charge in [-0.1, -0.05) is 19.3 Å². The van der Waals surface area contributed by atoms with Gasteiger partial charge >= 0.3 is 0 Å². The van der Waals surface area contributed by atoms with E-state index in [4.69, 9.17) is 5.73 Å². The van der Waals surface area contributed by atoms with Crippen LogP contribution in [0.1, 0.15) is 58.8 Å². The van der Waals surface area contributed by atoms with E-state index >= 15 is 0 Å². The minimum Gasteiger partial charge on any atom is -0.326 e. The maximum absolute atomic E-state index is 6.50. The molecule has 1 saturated heterocycles. The van der Waals surface area contributed by atoms with Crippen molar-refractivity contribution in [2.45, 2.75) is 70.4 Å². The smallest absolute Gasteiger partial charge is 0.0306 e. The summed E-state index contributed by atoms with van der Waals surface area (Å²) >= 11 is 0. The molecule has 16 heavy (non-hydrogen) atoms. The molecule has 94 valence electrons. The predicted octanol–water partition coefficient (Wildman–Crippen LogP) is 2.77. The molecule has 1 saturated carbocycles. The highest BCUT2D eigenvalue weighted by atomic mass is 15.2. The Morgan fingerprint density at radius 1 is 1.00 bits per heavy atom. The van der Waals surface area contributed by atoms with E-state index in [0.717, 1.165) is 5.92 Å². The van der Waals surface area contributed by atoms with Crippen molar-refractivity contribution in [2.24, 2.45) is 11.7 Å². The summed E-state index contributed by atoms with van der Waals surface area (Å²) in [7, 11) is 0. The van der Waals surface area contributed by atoms with Crippen LogP contribution >= 0.6 is 0 Å². The van der Waals surface area contributed by atoms with Crippen molar-refractivity contribution in [3.8, 4) is 0 Å². The number of rotatable bonds is 3. The Morgan fingerprint density at radius 3 is 2.00 bits per heavy atom. The van der Waals surface area contributed by atoms with Crippen LogP contribution in [0, 0.1) is 5.92 Å². The van der Waals surface area contributed by atoms with Gasteiger partial charge in [-0.15, -0.1) is 0 Å². The van der Waals surface area contributed by atoms with Crippen molar-refractivity contribution < 1.29 is 0 Å². The quantitative estimate of drug-likeness (QED) is 0.798. The van der Waals surface area contributed by atoms with Gasteiger partial charge in [-0.05, 0) is 58.5 Å². The summed E-state index contributed by atoms with van der Waals surface area (Å²) < 4.78 is 0. The summed E-state index contributed by atoms with van der Waals surface area (Å²) in [6.07, 6.45) is 9.66. The number of likely N-dealkylation sites (tertiary alicyclic amines) is 1. The molecule has 2 aliphatic rings. The highest BCUT2D eigenvalue weighted by Gasteiger charge is 2.39. The topological polar surface area (TPSA) is 29.3 Å². The molecule has 1 aliphatic heterocycles. The van der Waals surface area contributed by atoms with E-state index in [0.29, 0.717) is 6.04 Å². The minimum atomic E-state index is 0.204. The molecular formula is C14H28N2. The van der Waals surface area contributed by atoms with Gasteiger partial charge in [-0.25, -0.2) is 0 Å². The lowest BCUT2D eigenvalue weighted by Crippen LogP contribution is -2.60. The molecule has 2 fully saturated rings. The van der Waals surface area contributed by atoms with Crippen LogP contribution in [0.2, 0.25) is 0 Å². The van der Waals surface area contributed by atoms with Crippen LogP contribution in [-0.4, -0.2) is 29.6 Å². The first-order valence-electron chi connectivity index (χ1n) is 7.13. The zero-order valence-corrected chi connectivity index (χ0v) is 11.0. The number of hydrogen-bond donors (Lipinski definition) is 1. The van der Waals surface area contributed by atoms with Crippen LogP contribution in [0.3, 0.4) is 0 Å². The standard InChI is InChI=1S/C14H28N2/c1-14(2,13(15)12-8-7-9-12)16-10-5-3-4-6-11-16/h12-13H,3-11,15H2,1-2H3. The van der Waals surface area contributed by atoms with Gasteiger partial charge in [0.2, 0.25) is 0 Å². The van der Waals surface area contributed by atoms with Crippen LogP contribution in [0.5, 0.6) is 0 Å². The monoisotopic (exact) mass is 224 g/mol. The second-order valence-corrected chi connectivity index (χ2v) is 6.27. The van der Waals surface area contributed by atoms with E-state index in [1.807, 2.05) is 0 Å². The highest BCUT2D eigenvalue weighted by molar-refractivity contribution is 4.97. The average Bonchev–Trinajstić information content (AvgIpc) is 2.42.